The number of nitrogens with one attached hydrogen (secondary N) is 1. The number of ether oxygens (including phenoxy) is 1. The van der Waals surface area contributed by atoms with Gasteiger partial charge < -0.3 is 14.6 Å². The van der Waals surface area contributed by atoms with Crippen LogP contribution in [0.3, 0.4) is 0 Å². The summed E-state index contributed by atoms with van der Waals surface area (Å²) in [6.45, 7) is 5.51. The van der Waals surface area contributed by atoms with Crippen molar-refractivity contribution in [2.75, 3.05) is 11.4 Å². The van der Waals surface area contributed by atoms with E-state index in [1.54, 1.807) is 25.7 Å². The summed E-state index contributed by atoms with van der Waals surface area (Å²) in [6.07, 6.45) is -0.150. The third-order valence-corrected chi connectivity index (χ3v) is 6.05. The Hall–Kier alpha value is -3.00. The van der Waals surface area contributed by atoms with E-state index in [0.717, 1.165) is 29.0 Å². The molecule has 28 heavy (non-hydrogen) atoms. The molecule has 0 bridgehead atoms. The van der Waals surface area contributed by atoms with Gasteiger partial charge in [0.15, 0.2) is 6.10 Å². The van der Waals surface area contributed by atoms with Gasteiger partial charge in [-0.05, 0) is 44.4 Å². The molecule has 1 aliphatic rings. The first kappa shape index (κ1) is 18.4. The van der Waals surface area contributed by atoms with Crippen LogP contribution in [0.25, 0.3) is 10.2 Å². The van der Waals surface area contributed by atoms with E-state index in [1.807, 2.05) is 24.3 Å². The summed E-state index contributed by atoms with van der Waals surface area (Å²) in [5, 5.41) is 0.384. The summed E-state index contributed by atoms with van der Waals surface area (Å²) in [5.74, 6) is -0.398. The first-order valence-electron chi connectivity index (χ1n) is 8.97. The molecule has 0 saturated carbocycles. The molecule has 7 nitrogen and oxygen atoms in total. The summed E-state index contributed by atoms with van der Waals surface area (Å²) in [4.78, 5) is 47.0. The number of para-hydroxylation sites is 1. The van der Waals surface area contributed by atoms with Crippen molar-refractivity contribution in [2.24, 2.45) is 0 Å². The number of carbonyl (C=O) groups excluding carboxylic acids is 2. The molecule has 0 spiro atoms. The van der Waals surface area contributed by atoms with Crippen molar-refractivity contribution in [3.8, 4) is 0 Å². The fraction of sp³-hybridized carbons (Fsp3) is 0.300. The summed E-state index contributed by atoms with van der Waals surface area (Å²) in [5.41, 5.74) is 2.20. The number of nitrogens with zero attached hydrogens (tertiary/aromatic N) is 2. The topological polar surface area (TPSA) is 92.4 Å². The average molecular weight is 397 g/mol. The van der Waals surface area contributed by atoms with E-state index in [-0.39, 0.29) is 11.5 Å². The van der Waals surface area contributed by atoms with E-state index in [1.165, 1.54) is 0 Å². The number of hydrogen-bond donors (Lipinski definition) is 1. The molecule has 2 aromatic heterocycles. The van der Waals surface area contributed by atoms with Gasteiger partial charge in [0.05, 0.1) is 5.39 Å². The minimum absolute atomic E-state index is 0.260. The molecule has 0 fully saturated rings. The van der Waals surface area contributed by atoms with Gasteiger partial charge in [0.25, 0.3) is 11.5 Å². The molecule has 144 valence electrons. The maximum atomic E-state index is 12.8. The number of hydrogen-bond acceptors (Lipinski definition) is 6. The van der Waals surface area contributed by atoms with Crippen molar-refractivity contribution in [3.63, 3.8) is 0 Å². The lowest BCUT2D eigenvalue weighted by Crippen LogP contribution is -2.39. The second kappa shape index (κ2) is 6.87. The highest BCUT2D eigenvalue weighted by Crippen LogP contribution is 2.30. The van der Waals surface area contributed by atoms with Crippen LogP contribution in [0.4, 0.5) is 5.69 Å². The molecule has 0 unspecified atom stereocenters. The van der Waals surface area contributed by atoms with Crippen molar-refractivity contribution in [2.45, 2.75) is 33.3 Å². The highest BCUT2D eigenvalue weighted by molar-refractivity contribution is 7.20. The molecule has 1 N–H and O–H groups in total. The number of amides is 1. The monoisotopic (exact) mass is 397 g/mol. The fourth-order valence-corrected chi connectivity index (χ4v) is 4.61. The second-order valence-electron chi connectivity index (χ2n) is 6.80. The first-order valence-corrected chi connectivity index (χ1v) is 9.78. The fourth-order valence-electron chi connectivity index (χ4n) is 3.50. The lowest BCUT2D eigenvalue weighted by molar-refractivity contribution is -0.126. The first-order chi connectivity index (χ1) is 13.4. The van der Waals surface area contributed by atoms with Crippen LogP contribution in [0.2, 0.25) is 0 Å². The van der Waals surface area contributed by atoms with Gasteiger partial charge >= 0.3 is 5.97 Å². The number of fused-ring (bicyclic) bond motifs is 2. The molecule has 0 aliphatic carbocycles. The standard InChI is InChI=1S/C20H19N3O4S/c1-10-15-17(24)21-12(3)22-18(15)28-16(10)20(26)27-11(2)19(25)23-9-8-13-6-4-5-7-14(13)23/h4-7,11H,8-9H2,1-3H3,(H,21,22,24)/t11-/m1/s1. The Labute approximate surface area is 165 Å². The van der Waals surface area contributed by atoms with Crippen molar-refractivity contribution in [1.29, 1.82) is 0 Å². The number of aromatic nitrogens is 2. The number of H-pyrrole nitrogens is 1. The van der Waals surface area contributed by atoms with E-state index in [9.17, 15) is 14.4 Å². The van der Waals surface area contributed by atoms with Crippen molar-refractivity contribution in [3.05, 3.63) is 56.4 Å². The zero-order valence-corrected chi connectivity index (χ0v) is 16.6. The van der Waals surface area contributed by atoms with Crippen LogP contribution in [0.5, 0.6) is 0 Å². The van der Waals surface area contributed by atoms with Gasteiger partial charge in [0.1, 0.15) is 15.5 Å². The third kappa shape index (κ3) is 2.99. The van der Waals surface area contributed by atoms with E-state index >= 15 is 0 Å². The maximum absolute atomic E-state index is 12.8. The average Bonchev–Trinajstić information content (AvgIpc) is 3.22. The predicted octanol–water partition coefficient (Wildman–Crippen LogP) is 2.74. The third-order valence-electron chi connectivity index (χ3n) is 4.89. The molecule has 8 heteroatoms. The van der Waals surface area contributed by atoms with Crippen LogP contribution in [-0.2, 0) is 16.0 Å². The van der Waals surface area contributed by atoms with Gasteiger partial charge in [-0.2, -0.15) is 0 Å². The molecule has 1 aliphatic heterocycles. The molecule has 0 radical (unpaired) electrons. The molecule has 4 rings (SSSR count). The van der Waals surface area contributed by atoms with E-state index in [4.69, 9.17) is 4.74 Å². The highest BCUT2D eigenvalue weighted by atomic mass is 32.1. The molecular weight excluding hydrogens is 378 g/mol. The molecule has 1 amide bonds. The van der Waals surface area contributed by atoms with Crippen LogP contribution in [0.15, 0.2) is 29.1 Å². The van der Waals surface area contributed by atoms with Gasteiger partial charge in [-0.25, -0.2) is 9.78 Å². The number of aryl methyl sites for hydroxylation is 2. The Bertz CT molecular complexity index is 1160. The van der Waals surface area contributed by atoms with Crippen LogP contribution >= 0.6 is 11.3 Å². The van der Waals surface area contributed by atoms with Gasteiger partial charge in [0, 0.05) is 12.2 Å². The molecular formula is C20H19N3O4S. The Morgan fingerprint density at radius 3 is 2.82 bits per heavy atom. The number of aromatic amines is 1. The minimum Gasteiger partial charge on any atom is -0.448 e. The van der Waals surface area contributed by atoms with Gasteiger partial charge in [-0.15, -0.1) is 11.3 Å². The molecule has 1 aromatic carbocycles. The van der Waals surface area contributed by atoms with E-state index in [0.29, 0.717) is 33.0 Å². The van der Waals surface area contributed by atoms with Crippen molar-refractivity contribution >= 4 is 39.1 Å². The van der Waals surface area contributed by atoms with Gasteiger partial charge in [-0.1, -0.05) is 18.2 Å². The molecule has 1 atom stereocenters. The van der Waals surface area contributed by atoms with Crippen molar-refractivity contribution < 1.29 is 14.3 Å². The maximum Gasteiger partial charge on any atom is 0.349 e. The normalized spacial score (nSPS) is 14.2. The van der Waals surface area contributed by atoms with Crippen LogP contribution in [0, 0.1) is 13.8 Å². The number of benzene rings is 1. The van der Waals surface area contributed by atoms with Crippen LogP contribution < -0.4 is 10.5 Å². The largest absolute Gasteiger partial charge is 0.448 e. The predicted molar refractivity (Wildman–Crippen MR) is 107 cm³/mol. The summed E-state index contributed by atoms with van der Waals surface area (Å²) >= 11 is 1.10. The van der Waals surface area contributed by atoms with E-state index in [2.05, 4.69) is 9.97 Å². The number of esters is 1. The smallest absolute Gasteiger partial charge is 0.349 e. The Kier molecular flexibility index (Phi) is 4.50. The number of rotatable bonds is 3. The van der Waals surface area contributed by atoms with Gasteiger partial charge in [-0.3, -0.25) is 9.59 Å². The molecule has 3 aromatic rings. The van der Waals surface area contributed by atoms with Crippen LogP contribution in [-0.4, -0.2) is 34.5 Å². The van der Waals surface area contributed by atoms with Gasteiger partial charge in [0.2, 0.25) is 0 Å². The highest BCUT2D eigenvalue weighted by Gasteiger charge is 2.31. The molecule has 3 heterocycles. The summed E-state index contributed by atoms with van der Waals surface area (Å²) in [7, 11) is 0. The number of anilines is 1. The van der Waals surface area contributed by atoms with Crippen molar-refractivity contribution in [1.82, 2.24) is 9.97 Å². The summed E-state index contributed by atoms with van der Waals surface area (Å²) in [6, 6.07) is 7.71. The molecule has 0 saturated heterocycles. The minimum atomic E-state index is -0.934. The Morgan fingerprint density at radius 1 is 1.29 bits per heavy atom. The summed E-state index contributed by atoms with van der Waals surface area (Å²) < 4.78 is 5.45. The van der Waals surface area contributed by atoms with E-state index < -0.39 is 12.1 Å². The zero-order chi connectivity index (χ0) is 20.0. The SMILES string of the molecule is Cc1nc2sc(C(=O)O[C@H](C)C(=O)N3CCc4ccccc43)c(C)c2c(=O)[nH]1. The lowest BCUT2D eigenvalue weighted by atomic mass is 10.2. The second-order valence-corrected chi connectivity index (χ2v) is 7.80. The quantitative estimate of drug-likeness (QED) is 0.686. The zero-order valence-electron chi connectivity index (χ0n) is 15.7. The number of thiophene rings is 1. The lowest BCUT2D eigenvalue weighted by Gasteiger charge is -2.21. The Morgan fingerprint density at radius 2 is 2.04 bits per heavy atom. The van der Waals surface area contributed by atoms with Crippen LogP contribution in [0.1, 0.15) is 33.5 Å². The number of carbonyl (C=O) groups is 2. The Balaban J connectivity index is 1.56.